The van der Waals surface area contributed by atoms with Crippen LogP contribution in [0.2, 0.25) is 0 Å². The van der Waals surface area contributed by atoms with Crippen LogP contribution in [0.25, 0.3) is 0 Å². The summed E-state index contributed by atoms with van der Waals surface area (Å²) in [5, 5.41) is 13.8. The molecule has 0 radical (unpaired) electrons. The van der Waals surface area contributed by atoms with E-state index in [0.29, 0.717) is 17.4 Å². The number of carbonyl (C=O) groups excluding carboxylic acids is 1. The number of hydrogen-bond acceptors (Lipinski definition) is 6. The van der Waals surface area contributed by atoms with Gasteiger partial charge in [0.25, 0.3) is 7.82 Å². The first-order valence-corrected chi connectivity index (χ1v) is 24.7. The maximum absolute atomic E-state index is 12.9. The third-order valence-corrected chi connectivity index (χ3v) is 11.4. The summed E-state index contributed by atoms with van der Waals surface area (Å²) < 4.78 is 23.2. The molecule has 0 aromatic heterocycles. The van der Waals surface area contributed by atoms with Gasteiger partial charge in [-0.15, -0.1) is 0 Å². The van der Waals surface area contributed by atoms with E-state index in [1.807, 2.05) is 27.2 Å². The van der Waals surface area contributed by atoms with Crippen LogP contribution in [-0.4, -0.2) is 68.5 Å². The number of nitrogens with one attached hydrogen (secondary N) is 1. The number of amides is 1. The van der Waals surface area contributed by atoms with Gasteiger partial charge in [0, 0.05) is 6.42 Å². The standard InChI is InChI=1S/C46H91N2O6P/c1-6-8-10-12-14-16-18-20-21-22-23-24-25-26-28-30-32-34-36-38-40-46(50)47-44(43-54-55(51,52)53-42-41-48(3,4)5)45(49)39-37-35-33-31-29-27-19-17-15-13-11-9-7-2/h11,13,37,39,44-45,49H,6-10,12,14-36,38,40-43H2,1-5H3,(H-,47,50,51,52)/b13-11-,39-37+/t44-,45+/m0/s1. The minimum absolute atomic E-state index is 0.000787. The molecule has 9 heteroatoms. The van der Waals surface area contributed by atoms with Gasteiger partial charge in [-0.3, -0.25) is 9.36 Å². The molecule has 0 heterocycles. The van der Waals surface area contributed by atoms with Gasteiger partial charge in [0.2, 0.25) is 5.91 Å². The van der Waals surface area contributed by atoms with Crippen LogP contribution in [0.4, 0.5) is 0 Å². The Kier molecular flexibility index (Phi) is 37.8. The van der Waals surface area contributed by atoms with Gasteiger partial charge in [0.1, 0.15) is 13.2 Å². The second-order valence-corrected chi connectivity index (χ2v) is 18.5. The summed E-state index contributed by atoms with van der Waals surface area (Å²) in [6, 6.07) is -0.885. The molecule has 8 nitrogen and oxygen atoms in total. The lowest BCUT2D eigenvalue weighted by Crippen LogP contribution is -2.45. The second kappa shape index (κ2) is 38.5. The van der Waals surface area contributed by atoms with Gasteiger partial charge in [0.05, 0.1) is 39.9 Å². The Labute approximate surface area is 341 Å². The molecule has 1 amide bonds. The Morgan fingerprint density at radius 2 is 1.04 bits per heavy atom. The van der Waals surface area contributed by atoms with Crippen LogP contribution in [0.15, 0.2) is 24.3 Å². The van der Waals surface area contributed by atoms with Crippen molar-refractivity contribution in [2.45, 2.75) is 225 Å². The maximum Gasteiger partial charge on any atom is 0.268 e. The lowest BCUT2D eigenvalue weighted by Gasteiger charge is -2.29. The molecule has 0 aliphatic heterocycles. The monoisotopic (exact) mass is 799 g/mol. The van der Waals surface area contributed by atoms with E-state index in [2.05, 4.69) is 31.3 Å². The summed E-state index contributed by atoms with van der Waals surface area (Å²) in [5.74, 6) is -0.198. The number of phosphoric ester groups is 1. The topological polar surface area (TPSA) is 108 Å². The summed E-state index contributed by atoms with van der Waals surface area (Å²) in [6.45, 7) is 4.60. The number of likely N-dealkylation sites (N-methyl/N-ethyl adjacent to an activating group) is 1. The van der Waals surface area contributed by atoms with E-state index in [4.69, 9.17) is 9.05 Å². The Balaban J connectivity index is 4.31. The number of unbranched alkanes of at least 4 members (excludes halogenated alkanes) is 27. The SMILES string of the molecule is CCC/C=C\CCCCCCCC/C=C/[C@@H](O)[C@H](COP(=O)([O-])OCC[N+](C)(C)C)NC(=O)CCCCCCCCCCCCCCCCCCCCCC. The zero-order chi connectivity index (χ0) is 40.7. The van der Waals surface area contributed by atoms with Crippen molar-refractivity contribution in [3.63, 3.8) is 0 Å². The molecule has 55 heavy (non-hydrogen) atoms. The number of carbonyl (C=O) groups is 1. The predicted molar refractivity (Wildman–Crippen MR) is 233 cm³/mol. The van der Waals surface area contributed by atoms with Crippen LogP contribution in [0.3, 0.4) is 0 Å². The lowest BCUT2D eigenvalue weighted by atomic mass is 10.0. The van der Waals surface area contributed by atoms with Gasteiger partial charge < -0.3 is 28.8 Å². The van der Waals surface area contributed by atoms with Crippen LogP contribution >= 0.6 is 7.82 Å². The molecule has 0 aromatic carbocycles. The number of quaternary nitrogens is 1. The van der Waals surface area contributed by atoms with Crippen molar-refractivity contribution in [3.8, 4) is 0 Å². The highest BCUT2D eigenvalue weighted by atomic mass is 31.2. The third-order valence-electron chi connectivity index (χ3n) is 10.4. The van der Waals surface area contributed by atoms with E-state index in [9.17, 15) is 19.4 Å². The van der Waals surface area contributed by atoms with E-state index < -0.39 is 20.0 Å². The molecule has 0 bridgehead atoms. The number of hydrogen-bond donors (Lipinski definition) is 2. The third kappa shape index (κ3) is 41.0. The molecule has 0 rings (SSSR count). The molecule has 0 saturated carbocycles. The minimum Gasteiger partial charge on any atom is -0.756 e. The molecular formula is C46H91N2O6P. The number of aliphatic hydroxyl groups is 1. The van der Waals surface area contributed by atoms with Crippen LogP contribution < -0.4 is 10.2 Å². The van der Waals surface area contributed by atoms with Crippen LogP contribution in [0.1, 0.15) is 213 Å². The Morgan fingerprint density at radius 3 is 1.49 bits per heavy atom. The molecule has 0 spiro atoms. The van der Waals surface area contributed by atoms with Crippen molar-refractivity contribution in [3.05, 3.63) is 24.3 Å². The van der Waals surface area contributed by atoms with Crippen molar-refractivity contribution < 1.29 is 32.9 Å². The first kappa shape index (κ1) is 54.0. The van der Waals surface area contributed by atoms with Gasteiger partial charge in [-0.25, -0.2) is 0 Å². The van der Waals surface area contributed by atoms with Crippen molar-refractivity contribution in [2.24, 2.45) is 0 Å². The molecule has 0 fully saturated rings. The highest BCUT2D eigenvalue weighted by Crippen LogP contribution is 2.38. The number of allylic oxidation sites excluding steroid dienone is 3. The van der Waals surface area contributed by atoms with Crippen molar-refractivity contribution in [1.82, 2.24) is 5.32 Å². The largest absolute Gasteiger partial charge is 0.756 e. The fraction of sp³-hybridized carbons (Fsp3) is 0.891. The normalized spacial score (nSPS) is 14.5. The second-order valence-electron chi connectivity index (χ2n) is 17.1. The first-order valence-electron chi connectivity index (χ1n) is 23.2. The van der Waals surface area contributed by atoms with E-state index in [0.717, 1.165) is 38.5 Å². The van der Waals surface area contributed by atoms with E-state index in [-0.39, 0.29) is 19.1 Å². The van der Waals surface area contributed by atoms with Gasteiger partial charge >= 0.3 is 0 Å². The smallest absolute Gasteiger partial charge is 0.268 e. The average molecular weight is 799 g/mol. The minimum atomic E-state index is -4.58. The molecule has 2 N–H and O–H groups in total. The lowest BCUT2D eigenvalue weighted by molar-refractivity contribution is -0.870. The van der Waals surface area contributed by atoms with Crippen molar-refractivity contribution in [2.75, 3.05) is 40.9 Å². The Hall–Kier alpha value is -1.02. The number of nitrogens with zero attached hydrogens (tertiary/aromatic N) is 1. The van der Waals surface area contributed by atoms with E-state index in [1.165, 1.54) is 154 Å². The first-order chi connectivity index (χ1) is 26.5. The predicted octanol–water partition coefficient (Wildman–Crippen LogP) is 12.3. The molecule has 326 valence electrons. The summed E-state index contributed by atoms with van der Waals surface area (Å²) in [6.07, 6.45) is 45.1. The van der Waals surface area contributed by atoms with Crippen LogP contribution in [0, 0.1) is 0 Å². The van der Waals surface area contributed by atoms with Gasteiger partial charge in [-0.1, -0.05) is 192 Å². The van der Waals surface area contributed by atoms with Crippen LogP contribution in [0.5, 0.6) is 0 Å². The van der Waals surface area contributed by atoms with Gasteiger partial charge in [-0.05, 0) is 38.5 Å². The fourth-order valence-corrected chi connectivity index (χ4v) is 7.41. The average Bonchev–Trinajstić information content (AvgIpc) is 3.13. The highest BCUT2D eigenvalue weighted by molar-refractivity contribution is 7.45. The molecule has 1 unspecified atom stereocenters. The Bertz CT molecular complexity index is 953. The van der Waals surface area contributed by atoms with Gasteiger partial charge in [0.15, 0.2) is 0 Å². The highest BCUT2D eigenvalue weighted by Gasteiger charge is 2.23. The molecular weight excluding hydrogens is 707 g/mol. The summed E-state index contributed by atoms with van der Waals surface area (Å²) in [7, 11) is 1.26. The Morgan fingerprint density at radius 1 is 0.618 bits per heavy atom. The summed E-state index contributed by atoms with van der Waals surface area (Å²) in [5.41, 5.74) is 0. The van der Waals surface area contributed by atoms with Gasteiger partial charge in [-0.2, -0.15) is 0 Å². The number of rotatable bonds is 42. The molecule has 0 aliphatic carbocycles. The van der Waals surface area contributed by atoms with Crippen molar-refractivity contribution in [1.29, 1.82) is 0 Å². The van der Waals surface area contributed by atoms with E-state index >= 15 is 0 Å². The van der Waals surface area contributed by atoms with Crippen LogP contribution in [-0.2, 0) is 18.4 Å². The quantitative estimate of drug-likeness (QED) is 0.0276. The molecule has 0 saturated heterocycles. The zero-order valence-electron chi connectivity index (χ0n) is 36.9. The maximum atomic E-state index is 12.9. The van der Waals surface area contributed by atoms with Crippen molar-refractivity contribution >= 4 is 13.7 Å². The summed E-state index contributed by atoms with van der Waals surface area (Å²) >= 11 is 0. The number of phosphoric acid groups is 1. The number of aliphatic hydroxyl groups excluding tert-OH is 1. The van der Waals surface area contributed by atoms with E-state index in [1.54, 1.807) is 6.08 Å². The molecule has 3 atom stereocenters. The molecule has 0 aliphatic rings. The molecule has 0 aromatic rings. The fourth-order valence-electron chi connectivity index (χ4n) is 6.68. The zero-order valence-corrected chi connectivity index (χ0v) is 37.8. The summed E-state index contributed by atoms with van der Waals surface area (Å²) in [4.78, 5) is 25.3.